The first-order valence-corrected chi connectivity index (χ1v) is 24.8. The van der Waals surface area contributed by atoms with E-state index in [1.54, 1.807) is 30.1 Å². The summed E-state index contributed by atoms with van der Waals surface area (Å²) in [6.45, 7) is 12.6. The number of aryl methyl sites for hydroxylation is 3. The molecule has 0 radical (unpaired) electrons. The number of piperazine rings is 1. The Labute approximate surface area is 422 Å². The summed E-state index contributed by atoms with van der Waals surface area (Å²) in [7, 11) is 3.62. The van der Waals surface area contributed by atoms with Crippen LogP contribution in [0.2, 0.25) is 5.02 Å². The Balaban J connectivity index is 0.942. The fourth-order valence-electron chi connectivity index (χ4n) is 10.3. The molecule has 3 aliphatic rings. The van der Waals surface area contributed by atoms with Gasteiger partial charge in [0.1, 0.15) is 34.7 Å². The minimum absolute atomic E-state index is 0.111. The van der Waals surface area contributed by atoms with E-state index >= 15 is 0 Å². The number of rotatable bonds is 15. The van der Waals surface area contributed by atoms with Gasteiger partial charge in [-0.3, -0.25) is 34.1 Å². The Hall–Kier alpha value is -6.98. The maximum Gasteiger partial charge on any atom is 0.355 e. The zero-order valence-electron chi connectivity index (χ0n) is 41.7. The molecule has 0 bridgehead atoms. The highest BCUT2D eigenvalue weighted by atomic mass is 35.5. The Morgan fingerprint density at radius 3 is 2.40 bits per heavy atom. The lowest BCUT2D eigenvalue weighted by Crippen LogP contribution is -2.52. The van der Waals surface area contributed by atoms with Crippen molar-refractivity contribution in [3.63, 3.8) is 0 Å². The molecule has 5 heterocycles. The summed E-state index contributed by atoms with van der Waals surface area (Å²) in [5.41, 5.74) is 6.23. The number of piperidine rings is 1. The molecule has 9 rings (SSSR count). The molecule has 0 spiro atoms. The number of ether oxygens (including phenoxy) is 3. The lowest BCUT2D eigenvalue weighted by Gasteiger charge is -2.35. The Morgan fingerprint density at radius 2 is 1.69 bits per heavy atom. The molecular formula is C54H60ClFN8O8. The summed E-state index contributed by atoms with van der Waals surface area (Å²) in [5.74, 6) is -1.17. The fraction of sp³-hybridized carbons (Fsp3) is 0.407. The van der Waals surface area contributed by atoms with Crippen molar-refractivity contribution in [3.05, 3.63) is 105 Å². The van der Waals surface area contributed by atoms with E-state index in [-0.39, 0.29) is 49.5 Å². The van der Waals surface area contributed by atoms with Gasteiger partial charge < -0.3 is 33.9 Å². The number of nitrogens with one attached hydrogen (secondary N) is 2. The SMILES string of the molecule is CNc1cc(OCC(=O)N2CCN(CCn3c(C(=O)OC(C)(C)C)c(CCCOc4cccc5cc(F)ccc45)c4ccc(Cl)c(-c5c(C)nn(C)c5C)c43)CC2)c2c(c1)C(=O)N(C1CCC(=O)NC1=O)C2. The van der Waals surface area contributed by atoms with Gasteiger partial charge in [-0.25, -0.2) is 9.18 Å². The first-order chi connectivity index (χ1) is 34.4. The largest absolute Gasteiger partial charge is 0.493 e. The first-order valence-electron chi connectivity index (χ1n) is 24.4. The molecule has 2 fully saturated rings. The number of amides is 4. The highest BCUT2D eigenvalue weighted by Gasteiger charge is 2.41. The molecule has 0 aliphatic carbocycles. The molecule has 2 aromatic heterocycles. The van der Waals surface area contributed by atoms with Crippen LogP contribution in [0.1, 0.15) is 83.4 Å². The van der Waals surface area contributed by atoms with Gasteiger partial charge in [0.05, 0.1) is 34.9 Å². The quantitative estimate of drug-likeness (QED) is 0.0591. The van der Waals surface area contributed by atoms with Crippen molar-refractivity contribution in [2.45, 2.75) is 85.0 Å². The van der Waals surface area contributed by atoms with E-state index in [9.17, 15) is 28.4 Å². The monoisotopic (exact) mass is 1000 g/mol. The second-order valence-corrected chi connectivity index (χ2v) is 20.1. The van der Waals surface area contributed by atoms with Crippen LogP contribution in [0.5, 0.6) is 11.5 Å². The van der Waals surface area contributed by atoms with Gasteiger partial charge in [0.2, 0.25) is 11.8 Å². The molecule has 0 saturated carbocycles. The van der Waals surface area contributed by atoms with E-state index in [1.807, 2.05) is 76.7 Å². The second kappa shape index (κ2) is 20.3. The highest BCUT2D eigenvalue weighted by molar-refractivity contribution is 6.35. The molecule has 1 unspecified atom stereocenters. The van der Waals surface area contributed by atoms with Gasteiger partial charge in [0.25, 0.3) is 11.8 Å². The average molecular weight is 1000 g/mol. The van der Waals surface area contributed by atoms with Gasteiger partial charge in [0, 0.05) is 105 Å². The summed E-state index contributed by atoms with van der Waals surface area (Å²) in [5, 5.41) is 13.1. The number of benzene rings is 4. The van der Waals surface area contributed by atoms with Crippen molar-refractivity contribution in [2.24, 2.45) is 7.05 Å². The number of nitrogens with zero attached hydrogens (tertiary/aromatic N) is 6. The van der Waals surface area contributed by atoms with Gasteiger partial charge in [-0.05, 0) is 101 Å². The van der Waals surface area contributed by atoms with Gasteiger partial charge in [-0.2, -0.15) is 5.10 Å². The van der Waals surface area contributed by atoms with E-state index in [2.05, 4.69) is 20.1 Å². The third-order valence-electron chi connectivity index (χ3n) is 13.9. The Morgan fingerprint density at radius 1 is 0.931 bits per heavy atom. The molecule has 18 heteroatoms. The molecule has 72 heavy (non-hydrogen) atoms. The fourth-order valence-corrected chi connectivity index (χ4v) is 10.5. The van der Waals surface area contributed by atoms with Crippen molar-refractivity contribution in [3.8, 4) is 22.6 Å². The van der Waals surface area contributed by atoms with Gasteiger partial charge in [-0.1, -0.05) is 29.8 Å². The molecule has 1 atom stereocenters. The average Bonchev–Trinajstić information content (AvgIpc) is 3.93. The van der Waals surface area contributed by atoms with Crippen LogP contribution in [0.4, 0.5) is 10.1 Å². The van der Waals surface area contributed by atoms with Crippen molar-refractivity contribution in [1.82, 2.24) is 34.4 Å². The second-order valence-electron chi connectivity index (χ2n) is 19.7. The summed E-state index contributed by atoms with van der Waals surface area (Å²) in [6.07, 6.45) is 1.40. The predicted octanol–water partition coefficient (Wildman–Crippen LogP) is 7.60. The van der Waals surface area contributed by atoms with Gasteiger partial charge >= 0.3 is 5.97 Å². The van der Waals surface area contributed by atoms with Crippen molar-refractivity contribution < 1.29 is 42.6 Å². The van der Waals surface area contributed by atoms with Crippen LogP contribution >= 0.6 is 11.6 Å². The minimum atomic E-state index is -0.792. The van der Waals surface area contributed by atoms with Gasteiger partial charge in [-0.15, -0.1) is 0 Å². The number of imide groups is 1. The molecule has 2 saturated heterocycles. The smallest absolute Gasteiger partial charge is 0.355 e. The molecule has 2 N–H and O–H groups in total. The topological polar surface area (TPSA) is 170 Å². The summed E-state index contributed by atoms with van der Waals surface area (Å²) < 4.78 is 36.6. The zero-order valence-corrected chi connectivity index (χ0v) is 42.5. The van der Waals surface area contributed by atoms with Crippen LogP contribution in [-0.4, -0.2) is 123 Å². The first kappa shape index (κ1) is 50.0. The van der Waals surface area contributed by atoms with Crippen molar-refractivity contribution in [2.75, 3.05) is 58.3 Å². The van der Waals surface area contributed by atoms with E-state index in [4.69, 9.17) is 30.9 Å². The van der Waals surface area contributed by atoms with Crippen LogP contribution in [0.15, 0.2) is 60.7 Å². The number of hydrogen-bond donors (Lipinski definition) is 2. The van der Waals surface area contributed by atoms with Crippen LogP contribution in [-0.2, 0) is 45.7 Å². The van der Waals surface area contributed by atoms with E-state index in [0.717, 1.165) is 49.8 Å². The normalized spacial score (nSPS) is 16.4. The molecule has 378 valence electrons. The molecule has 3 aliphatic heterocycles. The summed E-state index contributed by atoms with van der Waals surface area (Å²) in [4.78, 5) is 72.1. The number of halogens is 2. The summed E-state index contributed by atoms with van der Waals surface area (Å²) >= 11 is 7.21. The number of carbonyl (C=O) groups is 5. The number of fused-ring (bicyclic) bond motifs is 3. The number of carbonyl (C=O) groups excluding carboxylic acids is 5. The maximum absolute atomic E-state index is 14.7. The molecule has 4 aromatic carbocycles. The standard InChI is InChI=1S/C54H60ClFN8O8/c1-31-47(32(2)60(7)59-31)48-41(55)16-15-38-37(11-9-25-70-43-12-8-10-33-26-34(56)13-14-36(33)43)50(53(69)72-54(3,4)5)63(49(38)48)24-21-61-19-22-62(23-20-61)46(66)30-71-44-28-35(57-6)27-39-40(44)29-64(52(39)68)42-17-18-45(65)58-51(42)67/h8,10,12-16,26-28,42,57H,9,11,17-25,29-30H2,1-7H3,(H,58,65,67). The molecule has 16 nitrogen and oxygen atoms in total. The Kier molecular flexibility index (Phi) is 14.1. The number of esters is 1. The van der Waals surface area contributed by atoms with E-state index in [0.29, 0.717) is 97.7 Å². The van der Waals surface area contributed by atoms with Crippen LogP contribution in [0.3, 0.4) is 0 Å². The predicted molar refractivity (Wildman–Crippen MR) is 272 cm³/mol. The highest BCUT2D eigenvalue weighted by Crippen LogP contribution is 2.43. The van der Waals surface area contributed by atoms with Crippen molar-refractivity contribution in [1.29, 1.82) is 0 Å². The van der Waals surface area contributed by atoms with Crippen LogP contribution in [0.25, 0.3) is 32.8 Å². The molecule has 6 aromatic rings. The number of anilines is 1. The number of hydrogen-bond acceptors (Lipinski definition) is 11. The maximum atomic E-state index is 14.7. The van der Waals surface area contributed by atoms with Crippen molar-refractivity contribution >= 4 is 68.6 Å². The van der Waals surface area contributed by atoms with E-state index in [1.165, 1.54) is 17.0 Å². The number of aromatic nitrogens is 3. The van der Waals surface area contributed by atoms with E-state index < -0.39 is 23.5 Å². The Bertz CT molecular complexity index is 3150. The van der Waals surface area contributed by atoms with Crippen LogP contribution < -0.4 is 20.1 Å². The third kappa shape index (κ3) is 9.96. The summed E-state index contributed by atoms with van der Waals surface area (Å²) in [6, 6.07) is 16.7. The third-order valence-corrected chi connectivity index (χ3v) is 14.2. The van der Waals surface area contributed by atoms with Crippen LogP contribution in [0, 0.1) is 19.7 Å². The lowest BCUT2D eigenvalue weighted by molar-refractivity contribution is -0.137. The van der Waals surface area contributed by atoms with Gasteiger partial charge in [0.15, 0.2) is 6.61 Å². The zero-order chi connectivity index (χ0) is 51.2. The minimum Gasteiger partial charge on any atom is -0.493 e. The molecule has 4 amide bonds. The lowest BCUT2D eigenvalue weighted by atomic mass is 9.98. The molecular weight excluding hydrogens is 943 g/mol.